The van der Waals surface area contributed by atoms with Crippen molar-refractivity contribution in [3.63, 3.8) is 0 Å². The van der Waals surface area contributed by atoms with E-state index in [2.05, 4.69) is 36.3 Å². The van der Waals surface area contributed by atoms with E-state index in [1.54, 1.807) is 18.4 Å². The number of aromatic nitrogens is 1. The number of hydrogen-bond acceptors (Lipinski definition) is 3. The highest BCUT2D eigenvalue weighted by Gasteiger charge is 2.06. The molecular weight excluding hydrogens is 218 g/mol. The highest BCUT2D eigenvalue weighted by Crippen LogP contribution is 2.28. The highest BCUT2D eigenvalue weighted by atomic mass is 32.1. The number of methoxy groups -OCH3 is 1. The fourth-order valence-electron chi connectivity index (χ4n) is 1.61. The molecule has 2 rings (SSSR count). The highest BCUT2D eigenvalue weighted by molar-refractivity contribution is 7.13. The topological polar surface area (TPSA) is 22.1 Å². The number of rotatable bonds is 3. The summed E-state index contributed by atoms with van der Waals surface area (Å²) in [5.41, 5.74) is 3.48. The van der Waals surface area contributed by atoms with Gasteiger partial charge in [-0.15, -0.1) is 11.3 Å². The average molecular weight is 233 g/mol. The van der Waals surface area contributed by atoms with Crippen molar-refractivity contribution >= 4 is 11.3 Å². The van der Waals surface area contributed by atoms with Crippen LogP contribution in [-0.2, 0) is 6.42 Å². The number of aryl methyl sites for hydroxylation is 2. The lowest BCUT2D eigenvalue weighted by molar-refractivity contribution is 0.412. The molecule has 0 saturated heterocycles. The lowest BCUT2D eigenvalue weighted by Gasteiger charge is -2.05. The van der Waals surface area contributed by atoms with Gasteiger partial charge >= 0.3 is 0 Å². The van der Waals surface area contributed by atoms with E-state index < -0.39 is 0 Å². The van der Waals surface area contributed by atoms with Crippen LogP contribution in [0.15, 0.2) is 23.6 Å². The zero-order chi connectivity index (χ0) is 11.5. The predicted molar refractivity (Wildman–Crippen MR) is 68.2 cm³/mol. The van der Waals surface area contributed by atoms with Gasteiger partial charge in [-0.05, 0) is 37.1 Å². The molecule has 1 aromatic carbocycles. The molecule has 0 aliphatic heterocycles. The second kappa shape index (κ2) is 4.66. The van der Waals surface area contributed by atoms with Gasteiger partial charge in [-0.2, -0.15) is 0 Å². The molecule has 16 heavy (non-hydrogen) atoms. The first-order valence-electron chi connectivity index (χ1n) is 5.34. The first kappa shape index (κ1) is 11.1. The first-order chi connectivity index (χ1) is 7.74. The normalized spacial score (nSPS) is 10.4. The Kier molecular flexibility index (Phi) is 3.25. The lowest BCUT2D eigenvalue weighted by Crippen LogP contribution is -1.87. The summed E-state index contributed by atoms with van der Waals surface area (Å²) in [6, 6.07) is 6.18. The Morgan fingerprint density at radius 3 is 2.75 bits per heavy atom. The minimum Gasteiger partial charge on any atom is -0.496 e. The summed E-state index contributed by atoms with van der Waals surface area (Å²) in [6.07, 6.45) is 0.992. The Morgan fingerprint density at radius 2 is 2.19 bits per heavy atom. The molecule has 0 aliphatic rings. The standard InChI is InChI=1S/C13H15NOS/c1-4-11-8-16-13(14-11)10-5-6-12(15-3)9(2)7-10/h5-8H,4H2,1-3H3. The van der Waals surface area contributed by atoms with Gasteiger partial charge in [-0.3, -0.25) is 0 Å². The van der Waals surface area contributed by atoms with Crippen LogP contribution in [0.25, 0.3) is 10.6 Å². The summed E-state index contributed by atoms with van der Waals surface area (Å²) in [5, 5.41) is 3.21. The third-order valence-electron chi connectivity index (χ3n) is 2.56. The maximum atomic E-state index is 5.25. The van der Waals surface area contributed by atoms with E-state index in [9.17, 15) is 0 Å². The van der Waals surface area contributed by atoms with Crippen LogP contribution in [0.1, 0.15) is 18.2 Å². The van der Waals surface area contributed by atoms with Crippen LogP contribution in [0.2, 0.25) is 0 Å². The van der Waals surface area contributed by atoms with Gasteiger partial charge in [0.2, 0.25) is 0 Å². The van der Waals surface area contributed by atoms with E-state index >= 15 is 0 Å². The fourth-order valence-corrected chi connectivity index (χ4v) is 2.51. The molecule has 1 aromatic heterocycles. The van der Waals surface area contributed by atoms with E-state index in [1.165, 1.54) is 5.56 Å². The molecule has 0 spiro atoms. The Labute approximate surface area is 99.9 Å². The second-order valence-corrected chi connectivity index (χ2v) is 4.54. The lowest BCUT2D eigenvalue weighted by atomic mass is 10.1. The molecule has 3 heteroatoms. The van der Waals surface area contributed by atoms with E-state index in [4.69, 9.17) is 4.74 Å². The third-order valence-corrected chi connectivity index (χ3v) is 3.50. The van der Waals surface area contributed by atoms with E-state index in [1.807, 2.05) is 6.07 Å². The summed E-state index contributed by atoms with van der Waals surface area (Å²) in [5.74, 6) is 0.927. The van der Waals surface area contributed by atoms with Gasteiger partial charge in [-0.1, -0.05) is 6.92 Å². The van der Waals surface area contributed by atoms with Crippen LogP contribution in [0, 0.1) is 6.92 Å². The molecule has 0 saturated carbocycles. The summed E-state index contributed by atoms with van der Waals surface area (Å²) in [7, 11) is 1.70. The molecular formula is C13H15NOS. The molecule has 0 fully saturated rings. The van der Waals surface area contributed by atoms with Crippen molar-refractivity contribution in [2.75, 3.05) is 7.11 Å². The van der Waals surface area contributed by atoms with Crippen LogP contribution < -0.4 is 4.74 Å². The SMILES string of the molecule is CCc1csc(-c2ccc(OC)c(C)c2)n1. The van der Waals surface area contributed by atoms with Crippen molar-refractivity contribution in [2.45, 2.75) is 20.3 Å². The van der Waals surface area contributed by atoms with Gasteiger partial charge in [0.15, 0.2) is 0 Å². The van der Waals surface area contributed by atoms with E-state index in [0.717, 1.165) is 28.4 Å². The Morgan fingerprint density at radius 1 is 1.38 bits per heavy atom. The smallest absolute Gasteiger partial charge is 0.123 e. The predicted octanol–water partition coefficient (Wildman–Crippen LogP) is 3.69. The molecule has 0 atom stereocenters. The number of thiazole rings is 1. The van der Waals surface area contributed by atoms with Gasteiger partial charge in [-0.25, -0.2) is 4.98 Å². The van der Waals surface area contributed by atoms with Gasteiger partial charge < -0.3 is 4.74 Å². The molecule has 0 amide bonds. The first-order valence-corrected chi connectivity index (χ1v) is 6.22. The van der Waals surface area contributed by atoms with Crippen molar-refractivity contribution in [2.24, 2.45) is 0 Å². The Hall–Kier alpha value is -1.35. The molecule has 0 unspecified atom stereocenters. The van der Waals surface area contributed by atoms with Crippen LogP contribution in [0.5, 0.6) is 5.75 Å². The van der Waals surface area contributed by atoms with Crippen molar-refractivity contribution in [1.82, 2.24) is 4.98 Å². The van der Waals surface area contributed by atoms with Crippen LogP contribution in [0.4, 0.5) is 0 Å². The van der Waals surface area contributed by atoms with Gasteiger partial charge in [0, 0.05) is 10.9 Å². The minimum absolute atomic E-state index is 0.927. The van der Waals surface area contributed by atoms with Crippen molar-refractivity contribution in [1.29, 1.82) is 0 Å². The zero-order valence-corrected chi connectivity index (χ0v) is 10.6. The molecule has 2 aromatic rings. The van der Waals surface area contributed by atoms with Crippen molar-refractivity contribution < 1.29 is 4.74 Å². The van der Waals surface area contributed by atoms with E-state index in [0.29, 0.717) is 0 Å². The molecule has 84 valence electrons. The van der Waals surface area contributed by atoms with Crippen LogP contribution >= 0.6 is 11.3 Å². The Balaban J connectivity index is 2.37. The Bertz CT molecular complexity index is 490. The van der Waals surface area contributed by atoms with Gasteiger partial charge in [0.1, 0.15) is 10.8 Å². The fraction of sp³-hybridized carbons (Fsp3) is 0.308. The van der Waals surface area contributed by atoms with Crippen LogP contribution in [-0.4, -0.2) is 12.1 Å². The molecule has 0 aliphatic carbocycles. The second-order valence-electron chi connectivity index (χ2n) is 3.68. The number of ether oxygens (including phenoxy) is 1. The summed E-state index contributed by atoms with van der Waals surface area (Å²) in [4.78, 5) is 4.57. The van der Waals surface area contributed by atoms with Gasteiger partial charge in [0.25, 0.3) is 0 Å². The molecule has 1 heterocycles. The average Bonchev–Trinajstić information content (AvgIpc) is 2.77. The minimum atomic E-state index is 0.927. The summed E-state index contributed by atoms with van der Waals surface area (Å²) < 4.78 is 5.25. The quantitative estimate of drug-likeness (QED) is 0.806. The van der Waals surface area contributed by atoms with E-state index in [-0.39, 0.29) is 0 Å². The van der Waals surface area contributed by atoms with Gasteiger partial charge in [0.05, 0.1) is 12.8 Å². The van der Waals surface area contributed by atoms with Crippen molar-refractivity contribution in [3.8, 4) is 16.3 Å². The number of hydrogen-bond donors (Lipinski definition) is 0. The molecule has 0 radical (unpaired) electrons. The third kappa shape index (κ3) is 2.09. The molecule has 0 N–H and O–H groups in total. The molecule has 0 bridgehead atoms. The van der Waals surface area contributed by atoms with Crippen LogP contribution in [0.3, 0.4) is 0 Å². The summed E-state index contributed by atoms with van der Waals surface area (Å²) >= 11 is 1.70. The maximum absolute atomic E-state index is 5.25. The van der Waals surface area contributed by atoms with Crippen molar-refractivity contribution in [3.05, 3.63) is 34.8 Å². The maximum Gasteiger partial charge on any atom is 0.123 e. The largest absolute Gasteiger partial charge is 0.496 e. The summed E-state index contributed by atoms with van der Waals surface area (Å²) in [6.45, 7) is 4.18. The molecule has 2 nitrogen and oxygen atoms in total. The number of nitrogens with zero attached hydrogens (tertiary/aromatic N) is 1. The number of benzene rings is 1. The zero-order valence-electron chi connectivity index (χ0n) is 9.78. The monoisotopic (exact) mass is 233 g/mol.